The summed E-state index contributed by atoms with van der Waals surface area (Å²) in [5, 5.41) is 8.97. The Kier molecular flexibility index (Phi) is 7.14. The smallest absolute Gasteiger partial charge is 0.322 e. The van der Waals surface area contributed by atoms with Crippen molar-refractivity contribution in [3.8, 4) is 0 Å². The van der Waals surface area contributed by atoms with Crippen LogP contribution in [0, 0.1) is 6.92 Å². The third kappa shape index (κ3) is 5.38. The number of hydrogen-bond donors (Lipinski definition) is 3. The fraction of sp³-hybridized carbons (Fsp3) is 0.367. The van der Waals surface area contributed by atoms with Gasteiger partial charge in [-0.25, -0.2) is 4.79 Å². The molecule has 4 heterocycles. The molecule has 3 aromatic rings. The molecule has 1 aromatic heterocycles. The lowest BCUT2D eigenvalue weighted by Gasteiger charge is -2.28. The van der Waals surface area contributed by atoms with E-state index in [1.54, 1.807) is 12.1 Å². The van der Waals surface area contributed by atoms with Gasteiger partial charge in [0.05, 0.1) is 37.9 Å². The highest BCUT2D eigenvalue weighted by Crippen LogP contribution is 2.27. The van der Waals surface area contributed by atoms with E-state index in [1.165, 1.54) is 4.90 Å². The van der Waals surface area contributed by atoms with Crippen molar-refractivity contribution >= 4 is 34.7 Å². The van der Waals surface area contributed by atoms with Gasteiger partial charge in [0, 0.05) is 36.3 Å². The fourth-order valence-electron chi connectivity index (χ4n) is 5.90. The molecule has 41 heavy (non-hydrogen) atoms. The van der Waals surface area contributed by atoms with Crippen LogP contribution in [0.4, 0.5) is 4.79 Å². The van der Waals surface area contributed by atoms with Crippen LogP contribution in [-0.4, -0.2) is 96.1 Å². The number of hydrogen-bond acceptors (Lipinski definition) is 7. The number of likely N-dealkylation sites (tertiary alicyclic amines) is 1. The lowest BCUT2D eigenvalue weighted by Crippen LogP contribution is -2.62. The zero-order chi connectivity index (χ0) is 28.6. The van der Waals surface area contributed by atoms with Crippen molar-refractivity contribution in [2.75, 3.05) is 45.9 Å². The lowest BCUT2D eigenvalue weighted by atomic mass is 9.93. The van der Waals surface area contributed by atoms with Crippen LogP contribution in [0.3, 0.4) is 0 Å². The molecule has 3 fully saturated rings. The van der Waals surface area contributed by atoms with Gasteiger partial charge in [-0.15, -0.1) is 0 Å². The van der Waals surface area contributed by atoms with Crippen molar-refractivity contribution in [1.29, 1.82) is 0 Å². The van der Waals surface area contributed by atoms with E-state index < -0.39 is 23.5 Å². The molecule has 11 heteroatoms. The van der Waals surface area contributed by atoms with Gasteiger partial charge in [0.1, 0.15) is 0 Å². The van der Waals surface area contributed by atoms with Crippen molar-refractivity contribution in [2.45, 2.75) is 24.9 Å². The monoisotopic (exact) mass is 556 g/mol. The number of pyridine rings is 1. The predicted molar refractivity (Wildman–Crippen MR) is 150 cm³/mol. The van der Waals surface area contributed by atoms with Crippen LogP contribution in [0.2, 0.25) is 0 Å². The van der Waals surface area contributed by atoms with Crippen molar-refractivity contribution in [1.82, 2.24) is 30.7 Å². The van der Waals surface area contributed by atoms with Gasteiger partial charge < -0.3 is 20.3 Å². The first kappa shape index (κ1) is 26.9. The number of urea groups is 1. The minimum Gasteiger partial charge on any atom is -0.379 e. The number of aromatic nitrogens is 1. The topological polar surface area (TPSA) is 133 Å². The Hall–Kier alpha value is -4.35. The molecule has 5 amide bonds. The number of carbonyl (C=O) groups is 4. The first-order valence-electron chi connectivity index (χ1n) is 13.8. The fourth-order valence-corrected chi connectivity index (χ4v) is 5.90. The number of rotatable bonds is 6. The molecule has 212 valence electrons. The Morgan fingerprint density at radius 3 is 2.59 bits per heavy atom. The summed E-state index contributed by atoms with van der Waals surface area (Å²) in [4.78, 5) is 59.6. The summed E-state index contributed by atoms with van der Waals surface area (Å²) in [7, 11) is 0. The van der Waals surface area contributed by atoms with Gasteiger partial charge in [-0.2, -0.15) is 0 Å². The van der Waals surface area contributed by atoms with Crippen LogP contribution < -0.4 is 16.0 Å². The summed E-state index contributed by atoms with van der Waals surface area (Å²) in [6.45, 7) is 4.67. The van der Waals surface area contributed by atoms with Gasteiger partial charge in [-0.05, 0) is 48.7 Å². The van der Waals surface area contributed by atoms with Gasteiger partial charge in [0.25, 0.3) is 11.8 Å². The van der Waals surface area contributed by atoms with Crippen LogP contribution in [0.1, 0.15) is 27.2 Å². The normalized spacial score (nSPS) is 22.7. The maximum absolute atomic E-state index is 13.3. The second kappa shape index (κ2) is 10.9. The molecule has 3 aliphatic rings. The van der Waals surface area contributed by atoms with Crippen LogP contribution in [0.5, 0.6) is 0 Å². The van der Waals surface area contributed by atoms with Crippen LogP contribution in [-0.2, 0) is 20.7 Å². The molecule has 0 saturated carbocycles. The summed E-state index contributed by atoms with van der Waals surface area (Å²) in [5.41, 5.74) is 3.08. The predicted octanol–water partition coefficient (Wildman–Crippen LogP) is 0.985. The molecule has 2 aromatic carbocycles. The van der Waals surface area contributed by atoms with Gasteiger partial charge >= 0.3 is 6.03 Å². The molecule has 1 spiro atoms. The molecule has 2 atom stereocenters. The minimum atomic E-state index is -1.42. The average Bonchev–Trinajstić information content (AvgIpc) is 3.47. The third-order valence-corrected chi connectivity index (χ3v) is 8.07. The first-order valence-corrected chi connectivity index (χ1v) is 13.8. The van der Waals surface area contributed by atoms with E-state index in [0.29, 0.717) is 38.3 Å². The number of aryl methyl sites for hydroxylation is 1. The number of amides is 5. The van der Waals surface area contributed by atoms with Gasteiger partial charge in [0.2, 0.25) is 5.91 Å². The van der Waals surface area contributed by atoms with E-state index in [-0.39, 0.29) is 31.4 Å². The minimum absolute atomic E-state index is 0.0169. The maximum Gasteiger partial charge on any atom is 0.322 e. The van der Waals surface area contributed by atoms with Crippen molar-refractivity contribution in [3.05, 3.63) is 77.0 Å². The van der Waals surface area contributed by atoms with Crippen LogP contribution in [0.25, 0.3) is 10.9 Å². The first-order chi connectivity index (χ1) is 19.8. The number of fused-ring (bicyclic) bond motifs is 1. The number of para-hydroxylation sites is 1. The van der Waals surface area contributed by atoms with Crippen LogP contribution >= 0.6 is 0 Å². The summed E-state index contributed by atoms with van der Waals surface area (Å²) in [6.07, 6.45) is 0.684. The van der Waals surface area contributed by atoms with Crippen molar-refractivity contribution < 1.29 is 23.9 Å². The Bertz CT molecular complexity index is 1520. The Morgan fingerprint density at radius 1 is 1.10 bits per heavy atom. The molecule has 3 aliphatic heterocycles. The molecular formula is C30H32N6O5. The zero-order valence-corrected chi connectivity index (χ0v) is 22.8. The number of ether oxygens (including phenoxy) is 1. The quantitative estimate of drug-likeness (QED) is 0.386. The van der Waals surface area contributed by atoms with E-state index in [2.05, 4.69) is 33.1 Å². The third-order valence-electron chi connectivity index (χ3n) is 8.07. The second-order valence-corrected chi connectivity index (χ2v) is 10.9. The van der Waals surface area contributed by atoms with Gasteiger partial charge in [-0.3, -0.25) is 29.6 Å². The van der Waals surface area contributed by atoms with Gasteiger partial charge in [0.15, 0.2) is 5.54 Å². The Labute approximate surface area is 237 Å². The highest BCUT2D eigenvalue weighted by atomic mass is 16.5. The molecule has 3 saturated heterocycles. The Balaban J connectivity index is 1.16. The molecule has 11 nitrogen and oxygen atoms in total. The lowest BCUT2D eigenvalue weighted by molar-refractivity contribution is -0.133. The maximum atomic E-state index is 13.3. The molecule has 0 radical (unpaired) electrons. The largest absolute Gasteiger partial charge is 0.379 e. The molecular weight excluding hydrogens is 524 g/mol. The van der Waals surface area contributed by atoms with E-state index in [4.69, 9.17) is 4.74 Å². The second-order valence-electron chi connectivity index (χ2n) is 10.9. The highest BCUT2D eigenvalue weighted by molar-refractivity contribution is 6.09. The average molecular weight is 557 g/mol. The number of benzene rings is 2. The van der Waals surface area contributed by atoms with E-state index in [9.17, 15) is 19.2 Å². The number of morpholine rings is 1. The van der Waals surface area contributed by atoms with Crippen LogP contribution in [0.15, 0.2) is 54.6 Å². The molecule has 2 unspecified atom stereocenters. The number of carbonyl (C=O) groups excluding carboxylic acids is 4. The van der Waals surface area contributed by atoms with Gasteiger partial charge in [-0.1, -0.05) is 30.3 Å². The Morgan fingerprint density at radius 2 is 1.85 bits per heavy atom. The standard InChI is InChI=1S/C30H32N6O5/c1-19-14-22(23-4-2-3-5-24(23)31-19)15-20-6-8-21(9-7-20)27(38)32-25-16-36(18-30(25)28(39)33-29(40)34-30)26(37)17-35-10-12-41-13-11-35/h2-9,14,25H,10-13,15-18H2,1H3,(H,32,38)(H2,33,34,39,40). The van der Waals surface area contributed by atoms with E-state index in [0.717, 1.165) is 27.7 Å². The van der Waals surface area contributed by atoms with E-state index in [1.807, 2.05) is 42.2 Å². The summed E-state index contributed by atoms with van der Waals surface area (Å²) >= 11 is 0. The van der Waals surface area contributed by atoms with Crippen molar-refractivity contribution in [3.63, 3.8) is 0 Å². The summed E-state index contributed by atoms with van der Waals surface area (Å²) in [5.74, 6) is -1.10. The summed E-state index contributed by atoms with van der Waals surface area (Å²) < 4.78 is 5.35. The number of imide groups is 1. The molecule has 0 bridgehead atoms. The molecule has 6 rings (SSSR count). The molecule has 3 N–H and O–H groups in total. The highest BCUT2D eigenvalue weighted by Gasteiger charge is 2.58. The zero-order valence-electron chi connectivity index (χ0n) is 22.8. The SMILES string of the molecule is Cc1cc(Cc2ccc(C(=O)NC3CN(C(=O)CN4CCOCC4)CC34NC(=O)NC4=O)cc2)c2ccccc2n1. The molecule has 0 aliphatic carbocycles. The summed E-state index contributed by atoms with van der Waals surface area (Å²) in [6, 6.07) is 16.0. The number of nitrogens with one attached hydrogen (secondary N) is 3. The number of nitrogens with zero attached hydrogens (tertiary/aromatic N) is 3. The van der Waals surface area contributed by atoms with E-state index >= 15 is 0 Å². The van der Waals surface area contributed by atoms with Crippen molar-refractivity contribution in [2.24, 2.45) is 0 Å².